The lowest BCUT2D eigenvalue weighted by Crippen LogP contribution is -2.18. The second-order valence-electron chi connectivity index (χ2n) is 3.90. The van der Waals surface area contributed by atoms with Crippen molar-refractivity contribution in [3.63, 3.8) is 0 Å². The van der Waals surface area contributed by atoms with E-state index in [1.54, 1.807) is 30.3 Å². The highest BCUT2D eigenvalue weighted by Gasteiger charge is 2.31. The van der Waals surface area contributed by atoms with Crippen molar-refractivity contribution in [1.82, 2.24) is 0 Å². The van der Waals surface area contributed by atoms with Gasteiger partial charge in [0.1, 0.15) is 11.5 Å². The topological polar surface area (TPSA) is 47.6 Å². The number of hydrogen-bond acceptors (Lipinski definition) is 3. The highest BCUT2D eigenvalue weighted by molar-refractivity contribution is 5.86. The summed E-state index contributed by atoms with van der Waals surface area (Å²) in [6.45, 7) is 0. The summed E-state index contributed by atoms with van der Waals surface area (Å²) in [6, 6.07) is 13.2. The normalized spacial score (nSPS) is 10.8. The molecule has 2 aromatic rings. The monoisotopic (exact) mass is 297 g/mol. The van der Waals surface area contributed by atoms with E-state index in [0.717, 1.165) is 12.1 Å². The second-order valence-corrected chi connectivity index (χ2v) is 3.90. The number of para-hydroxylation sites is 1. The quantitative estimate of drug-likeness (QED) is 0.923. The smallest absolute Gasteiger partial charge is 0.410 e. The Bertz CT molecular complexity index is 614. The first kappa shape index (κ1) is 14.7. The lowest BCUT2D eigenvalue weighted by Gasteiger charge is -2.10. The van der Waals surface area contributed by atoms with Crippen LogP contribution in [0, 0.1) is 0 Å². The van der Waals surface area contributed by atoms with Crippen molar-refractivity contribution in [3.8, 4) is 11.5 Å². The van der Waals surface area contributed by atoms with Crippen LogP contribution in [0.5, 0.6) is 11.5 Å². The van der Waals surface area contributed by atoms with Crippen molar-refractivity contribution in [2.45, 2.75) is 6.36 Å². The number of amides is 1. The minimum atomic E-state index is -4.80. The Kier molecular flexibility index (Phi) is 4.32. The number of rotatable bonds is 3. The first-order valence-electron chi connectivity index (χ1n) is 5.82. The molecule has 0 saturated heterocycles. The Balaban J connectivity index is 1.99. The van der Waals surface area contributed by atoms with E-state index in [4.69, 9.17) is 4.74 Å². The van der Waals surface area contributed by atoms with Gasteiger partial charge in [0, 0.05) is 11.8 Å². The largest absolute Gasteiger partial charge is 0.573 e. The number of halogens is 3. The maximum atomic E-state index is 12.1. The summed E-state index contributed by atoms with van der Waals surface area (Å²) in [5, 5.41) is 2.43. The molecule has 0 fully saturated rings. The van der Waals surface area contributed by atoms with Crippen LogP contribution in [0.4, 0.5) is 23.7 Å². The molecule has 0 spiro atoms. The number of anilines is 1. The van der Waals surface area contributed by atoms with E-state index in [9.17, 15) is 18.0 Å². The van der Waals surface area contributed by atoms with Gasteiger partial charge in [0.25, 0.3) is 0 Å². The summed E-state index contributed by atoms with van der Waals surface area (Å²) in [4.78, 5) is 11.6. The van der Waals surface area contributed by atoms with Crippen LogP contribution in [0.15, 0.2) is 54.6 Å². The van der Waals surface area contributed by atoms with Crippen molar-refractivity contribution in [3.05, 3.63) is 54.6 Å². The first-order valence-corrected chi connectivity index (χ1v) is 5.82. The molecule has 0 saturated carbocycles. The van der Waals surface area contributed by atoms with Gasteiger partial charge in [-0.05, 0) is 24.3 Å². The molecule has 2 rings (SSSR count). The Hall–Kier alpha value is -2.70. The lowest BCUT2D eigenvalue weighted by atomic mass is 10.3. The predicted molar refractivity (Wildman–Crippen MR) is 69.2 cm³/mol. The van der Waals surface area contributed by atoms with Crippen molar-refractivity contribution < 1.29 is 27.4 Å². The van der Waals surface area contributed by atoms with E-state index in [1.165, 1.54) is 12.1 Å². The molecular formula is C14H10F3NO3. The number of carbonyl (C=O) groups excluding carboxylic acids is 1. The van der Waals surface area contributed by atoms with E-state index in [2.05, 4.69) is 10.1 Å². The molecule has 110 valence electrons. The van der Waals surface area contributed by atoms with Crippen LogP contribution in [0.1, 0.15) is 0 Å². The molecule has 0 bridgehead atoms. The van der Waals surface area contributed by atoms with E-state index in [0.29, 0.717) is 5.69 Å². The van der Waals surface area contributed by atoms with Gasteiger partial charge in [-0.3, -0.25) is 5.32 Å². The van der Waals surface area contributed by atoms with Gasteiger partial charge in [-0.25, -0.2) is 4.79 Å². The molecule has 0 aliphatic heterocycles. The van der Waals surface area contributed by atoms with E-state index in [-0.39, 0.29) is 5.75 Å². The average molecular weight is 297 g/mol. The van der Waals surface area contributed by atoms with Crippen molar-refractivity contribution in [2.75, 3.05) is 5.32 Å². The number of carbonyl (C=O) groups is 1. The molecule has 21 heavy (non-hydrogen) atoms. The standard InChI is InChI=1S/C14H10F3NO3/c15-14(16,17)21-12-8-4-7-11(9-12)20-13(19)18-10-5-2-1-3-6-10/h1-9H,(H,18,19). The minimum absolute atomic E-state index is 0.0646. The van der Waals surface area contributed by atoms with Crippen LogP contribution < -0.4 is 14.8 Å². The summed E-state index contributed by atoms with van der Waals surface area (Å²) in [6.07, 6.45) is -5.62. The molecule has 0 unspecified atom stereocenters. The van der Waals surface area contributed by atoms with Crippen molar-refractivity contribution in [2.24, 2.45) is 0 Å². The van der Waals surface area contributed by atoms with E-state index < -0.39 is 18.2 Å². The van der Waals surface area contributed by atoms with Crippen LogP contribution in [-0.2, 0) is 0 Å². The van der Waals surface area contributed by atoms with Crippen molar-refractivity contribution >= 4 is 11.8 Å². The third-order valence-corrected chi connectivity index (χ3v) is 2.27. The highest BCUT2D eigenvalue weighted by Crippen LogP contribution is 2.26. The Labute approximate surface area is 118 Å². The third kappa shape index (κ3) is 5.06. The van der Waals surface area contributed by atoms with Gasteiger partial charge in [0.2, 0.25) is 0 Å². The van der Waals surface area contributed by atoms with Crippen LogP contribution >= 0.6 is 0 Å². The Morgan fingerprint density at radius 3 is 2.29 bits per heavy atom. The van der Waals surface area contributed by atoms with Gasteiger partial charge in [-0.2, -0.15) is 0 Å². The predicted octanol–water partition coefficient (Wildman–Crippen LogP) is 4.20. The van der Waals surface area contributed by atoms with Gasteiger partial charge in [-0.1, -0.05) is 24.3 Å². The summed E-state index contributed by atoms with van der Waals surface area (Å²) in [7, 11) is 0. The molecule has 0 aliphatic carbocycles. The third-order valence-electron chi connectivity index (χ3n) is 2.27. The maximum Gasteiger partial charge on any atom is 0.573 e. The van der Waals surface area contributed by atoms with Gasteiger partial charge in [-0.15, -0.1) is 13.2 Å². The summed E-state index contributed by atoms with van der Waals surface area (Å²) >= 11 is 0. The molecule has 4 nitrogen and oxygen atoms in total. The summed E-state index contributed by atoms with van der Waals surface area (Å²) in [5.74, 6) is -0.530. The van der Waals surface area contributed by atoms with Crippen LogP contribution in [0.25, 0.3) is 0 Å². The molecule has 1 N–H and O–H groups in total. The molecular weight excluding hydrogens is 287 g/mol. The Morgan fingerprint density at radius 1 is 0.952 bits per heavy atom. The molecule has 7 heteroatoms. The zero-order chi connectivity index (χ0) is 15.3. The summed E-state index contributed by atoms with van der Waals surface area (Å²) in [5.41, 5.74) is 0.505. The van der Waals surface area contributed by atoms with Crippen molar-refractivity contribution in [1.29, 1.82) is 0 Å². The van der Waals surface area contributed by atoms with Gasteiger partial charge >= 0.3 is 12.5 Å². The fraction of sp³-hybridized carbons (Fsp3) is 0.0714. The molecule has 1 amide bonds. The second kappa shape index (κ2) is 6.17. The van der Waals surface area contributed by atoms with Crippen LogP contribution in [0.3, 0.4) is 0 Å². The van der Waals surface area contributed by atoms with E-state index in [1.807, 2.05) is 0 Å². The zero-order valence-corrected chi connectivity index (χ0v) is 10.6. The number of ether oxygens (including phenoxy) is 2. The zero-order valence-electron chi connectivity index (χ0n) is 10.6. The molecule has 0 radical (unpaired) electrons. The molecule has 0 atom stereocenters. The first-order chi connectivity index (χ1) is 9.92. The number of alkyl halides is 3. The number of nitrogens with one attached hydrogen (secondary N) is 1. The van der Waals surface area contributed by atoms with E-state index >= 15 is 0 Å². The lowest BCUT2D eigenvalue weighted by molar-refractivity contribution is -0.274. The highest BCUT2D eigenvalue weighted by atomic mass is 19.4. The van der Waals surface area contributed by atoms with Crippen LogP contribution in [0.2, 0.25) is 0 Å². The Morgan fingerprint density at radius 2 is 1.62 bits per heavy atom. The maximum absolute atomic E-state index is 12.1. The fourth-order valence-electron chi connectivity index (χ4n) is 1.51. The van der Waals surface area contributed by atoms with Crippen LogP contribution in [-0.4, -0.2) is 12.5 Å². The van der Waals surface area contributed by atoms with Gasteiger partial charge in [0.15, 0.2) is 0 Å². The average Bonchev–Trinajstić information content (AvgIpc) is 2.38. The fourth-order valence-corrected chi connectivity index (χ4v) is 1.51. The molecule has 0 heterocycles. The molecule has 0 aliphatic rings. The SMILES string of the molecule is O=C(Nc1ccccc1)Oc1cccc(OC(F)(F)F)c1. The van der Waals surface area contributed by atoms with Gasteiger partial charge in [0.05, 0.1) is 0 Å². The molecule has 0 aromatic heterocycles. The minimum Gasteiger partial charge on any atom is -0.410 e. The number of hydrogen-bond donors (Lipinski definition) is 1. The molecule has 2 aromatic carbocycles. The summed E-state index contributed by atoms with van der Waals surface area (Å²) < 4.78 is 44.8. The number of benzene rings is 2. The van der Waals surface area contributed by atoms with Gasteiger partial charge < -0.3 is 9.47 Å².